The number of fused-ring (bicyclic) bond motifs is 1. The molecule has 2 aromatic carbocycles. The van der Waals surface area contributed by atoms with Crippen molar-refractivity contribution in [2.24, 2.45) is 0 Å². The highest BCUT2D eigenvalue weighted by atomic mass is 32.2. The molecular weight excluding hydrogens is 578 g/mol. The number of nitrogens with one attached hydrogen (secondary N) is 1. The number of halogens is 4. The molecule has 2 unspecified atom stereocenters. The van der Waals surface area contributed by atoms with Crippen molar-refractivity contribution in [3.05, 3.63) is 78.4 Å². The van der Waals surface area contributed by atoms with Crippen LogP contribution < -0.4 is 10.5 Å². The summed E-state index contributed by atoms with van der Waals surface area (Å²) >= 11 is 0. The first-order valence-corrected chi connectivity index (χ1v) is 14.4. The van der Waals surface area contributed by atoms with Gasteiger partial charge in [-0.1, -0.05) is 30.8 Å². The SMILES string of the molecule is C=CC(O)N1CCCC(n2nc(-c3ccc(CNS(=O)(=O)c4ccc(F)c(C(F)(F)F)c4)cc3)c3c(N)ncnc32)C1. The lowest BCUT2D eigenvalue weighted by Gasteiger charge is -2.34. The van der Waals surface area contributed by atoms with Gasteiger partial charge in [0.15, 0.2) is 5.65 Å². The second-order valence-corrected chi connectivity index (χ2v) is 11.6. The third-order valence-corrected chi connectivity index (χ3v) is 8.52. The Morgan fingerprint density at radius 3 is 2.62 bits per heavy atom. The van der Waals surface area contributed by atoms with Gasteiger partial charge in [0.1, 0.15) is 29.9 Å². The van der Waals surface area contributed by atoms with Gasteiger partial charge < -0.3 is 10.8 Å². The number of hydrogen-bond acceptors (Lipinski definition) is 8. The molecule has 0 saturated carbocycles. The molecule has 0 bridgehead atoms. The topological polar surface area (TPSA) is 139 Å². The van der Waals surface area contributed by atoms with Crippen molar-refractivity contribution in [3.8, 4) is 11.3 Å². The van der Waals surface area contributed by atoms with Crippen molar-refractivity contribution < 1.29 is 31.1 Å². The van der Waals surface area contributed by atoms with Crippen molar-refractivity contribution in [3.63, 3.8) is 0 Å². The molecule has 1 aliphatic rings. The number of hydrogen-bond donors (Lipinski definition) is 3. The Morgan fingerprint density at radius 1 is 1.19 bits per heavy atom. The van der Waals surface area contributed by atoms with Crippen LogP contribution in [0.1, 0.15) is 30.0 Å². The van der Waals surface area contributed by atoms with Crippen LogP contribution in [0.5, 0.6) is 0 Å². The second kappa shape index (κ2) is 11.4. The summed E-state index contributed by atoms with van der Waals surface area (Å²) in [5.41, 5.74) is 6.77. The van der Waals surface area contributed by atoms with Gasteiger partial charge in [-0.2, -0.15) is 18.3 Å². The maximum absolute atomic E-state index is 13.6. The molecule has 2 aromatic heterocycles. The van der Waals surface area contributed by atoms with Gasteiger partial charge in [0.2, 0.25) is 10.0 Å². The molecule has 1 fully saturated rings. The summed E-state index contributed by atoms with van der Waals surface area (Å²) in [4.78, 5) is 9.72. The zero-order valence-electron chi connectivity index (χ0n) is 22.1. The average Bonchev–Trinajstić information content (AvgIpc) is 3.36. The van der Waals surface area contributed by atoms with Gasteiger partial charge in [0.25, 0.3) is 0 Å². The highest BCUT2D eigenvalue weighted by Crippen LogP contribution is 2.35. The number of rotatable bonds is 8. The lowest BCUT2D eigenvalue weighted by molar-refractivity contribution is -0.140. The zero-order chi connectivity index (χ0) is 30.2. The summed E-state index contributed by atoms with van der Waals surface area (Å²) in [6.45, 7) is 4.66. The van der Waals surface area contributed by atoms with E-state index in [0.717, 1.165) is 18.9 Å². The van der Waals surface area contributed by atoms with E-state index in [9.17, 15) is 31.1 Å². The molecule has 42 heavy (non-hydrogen) atoms. The van der Waals surface area contributed by atoms with Crippen LogP contribution in [-0.4, -0.2) is 57.5 Å². The second-order valence-electron chi connectivity index (χ2n) is 9.85. The van der Waals surface area contributed by atoms with E-state index in [0.29, 0.717) is 47.0 Å². The van der Waals surface area contributed by atoms with Crippen LogP contribution in [0.15, 0.2) is 66.3 Å². The van der Waals surface area contributed by atoms with Gasteiger partial charge in [0.05, 0.1) is 21.9 Å². The molecule has 0 spiro atoms. The molecule has 3 heterocycles. The fourth-order valence-corrected chi connectivity index (χ4v) is 6.00. The number of piperidine rings is 1. The smallest absolute Gasteiger partial charge is 0.383 e. The van der Waals surface area contributed by atoms with E-state index < -0.39 is 38.7 Å². The summed E-state index contributed by atoms with van der Waals surface area (Å²) in [5.74, 6) is -1.33. The number of nitrogens with zero attached hydrogens (tertiary/aromatic N) is 5. The zero-order valence-corrected chi connectivity index (χ0v) is 22.9. The number of aromatic nitrogens is 4. The molecule has 1 saturated heterocycles. The van der Waals surface area contributed by atoms with Gasteiger partial charge >= 0.3 is 6.18 Å². The number of benzene rings is 2. The standard InChI is InChI=1S/C27H27F4N7O3S/c1-2-22(39)37-11-3-4-18(14-37)38-26-23(25(32)33-15-34-26)24(36-38)17-7-5-16(6-8-17)13-35-42(40,41)19-9-10-21(28)20(12-19)27(29,30)31/h2,5-10,12,15,18,22,35,39H,1,3-4,11,13-14H2,(H2,32,33,34). The van der Waals surface area contributed by atoms with E-state index in [-0.39, 0.29) is 24.5 Å². The molecule has 2 atom stereocenters. The maximum Gasteiger partial charge on any atom is 0.419 e. The van der Waals surface area contributed by atoms with E-state index in [1.807, 2.05) is 4.90 Å². The first-order valence-electron chi connectivity index (χ1n) is 12.9. The molecule has 10 nitrogen and oxygen atoms in total. The van der Waals surface area contributed by atoms with E-state index in [2.05, 4.69) is 21.3 Å². The molecule has 0 amide bonds. The van der Waals surface area contributed by atoms with Crippen molar-refractivity contribution in [2.75, 3.05) is 18.8 Å². The maximum atomic E-state index is 13.6. The number of likely N-dealkylation sites (tertiary alicyclic amines) is 1. The Morgan fingerprint density at radius 2 is 1.93 bits per heavy atom. The molecule has 222 valence electrons. The highest BCUT2D eigenvalue weighted by molar-refractivity contribution is 7.89. The van der Waals surface area contributed by atoms with Crippen molar-refractivity contribution >= 4 is 26.9 Å². The third kappa shape index (κ3) is 5.86. The van der Waals surface area contributed by atoms with Crippen LogP contribution in [-0.2, 0) is 22.7 Å². The van der Waals surface area contributed by atoms with Crippen LogP contribution >= 0.6 is 0 Å². The number of nitrogens with two attached hydrogens (primary N) is 1. The van der Waals surface area contributed by atoms with E-state index >= 15 is 0 Å². The Balaban J connectivity index is 1.39. The summed E-state index contributed by atoms with van der Waals surface area (Å²) in [6, 6.07) is 8.09. The molecule has 5 rings (SSSR count). The van der Waals surface area contributed by atoms with Crippen LogP contribution in [0.2, 0.25) is 0 Å². The number of sulfonamides is 1. The van der Waals surface area contributed by atoms with Gasteiger partial charge in [0, 0.05) is 25.2 Å². The summed E-state index contributed by atoms with van der Waals surface area (Å²) in [6.07, 6.45) is -1.37. The van der Waals surface area contributed by atoms with E-state index in [4.69, 9.17) is 10.8 Å². The molecule has 4 aromatic rings. The summed E-state index contributed by atoms with van der Waals surface area (Å²) < 4.78 is 82.0. The largest absolute Gasteiger partial charge is 0.419 e. The van der Waals surface area contributed by atoms with Gasteiger partial charge in [-0.15, -0.1) is 0 Å². The number of nitrogen functional groups attached to an aromatic ring is 1. The Bertz CT molecular complexity index is 1730. The molecule has 15 heteroatoms. The predicted octanol–water partition coefficient (Wildman–Crippen LogP) is 3.85. The highest BCUT2D eigenvalue weighted by Gasteiger charge is 2.35. The molecule has 4 N–H and O–H groups in total. The fraction of sp³-hybridized carbons (Fsp3) is 0.296. The van der Waals surface area contributed by atoms with Gasteiger partial charge in [-0.25, -0.2) is 32.2 Å². The Kier molecular flexibility index (Phi) is 8.02. The van der Waals surface area contributed by atoms with Crippen LogP contribution in [0.4, 0.5) is 23.4 Å². The summed E-state index contributed by atoms with van der Waals surface area (Å²) in [5, 5.41) is 15.6. The van der Waals surface area contributed by atoms with Crippen molar-refractivity contribution in [1.82, 2.24) is 29.4 Å². The lowest BCUT2D eigenvalue weighted by atomic mass is 10.1. The fourth-order valence-electron chi connectivity index (χ4n) is 4.96. The van der Waals surface area contributed by atoms with E-state index in [1.54, 1.807) is 28.9 Å². The molecular formula is C27H27F4N7O3S. The first-order chi connectivity index (χ1) is 19.9. The monoisotopic (exact) mass is 605 g/mol. The Hall–Kier alpha value is -3.92. The number of aliphatic hydroxyl groups is 1. The molecule has 0 aliphatic carbocycles. The molecule has 1 aliphatic heterocycles. The van der Waals surface area contributed by atoms with Crippen molar-refractivity contribution in [2.45, 2.75) is 42.7 Å². The average molecular weight is 606 g/mol. The van der Waals surface area contributed by atoms with Gasteiger partial charge in [-0.05, 0) is 42.7 Å². The Labute approximate surface area is 238 Å². The number of aliphatic hydroxyl groups excluding tert-OH is 1. The van der Waals surface area contributed by atoms with Crippen LogP contribution in [0.3, 0.4) is 0 Å². The first kappa shape index (κ1) is 29.6. The minimum Gasteiger partial charge on any atom is -0.383 e. The number of anilines is 1. The van der Waals surface area contributed by atoms with E-state index in [1.165, 1.54) is 12.4 Å². The van der Waals surface area contributed by atoms with Crippen LogP contribution in [0.25, 0.3) is 22.3 Å². The van der Waals surface area contributed by atoms with Gasteiger partial charge in [-0.3, -0.25) is 4.90 Å². The minimum atomic E-state index is -5.04. The summed E-state index contributed by atoms with van der Waals surface area (Å²) in [7, 11) is -4.37. The normalized spacial score (nSPS) is 17.4. The van der Waals surface area contributed by atoms with Crippen LogP contribution in [0, 0.1) is 5.82 Å². The molecule has 0 radical (unpaired) electrons. The minimum absolute atomic E-state index is 0.100. The lowest BCUT2D eigenvalue weighted by Crippen LogP contribution is -2.42. The van der Waals surface area contributed by atoms with Crippen molar-refractivity contribution in [1.29, 1.82) is 0 Å². The predicted molar refractivity (Wildman–Crippen MR) is 147 cm³/mol. The third-order valence-electron chi connectivity index (χ3n) is 7.12. The number of alkyl halides is 3. The quantitative estimate of drug-likeness (QED) is 0.203.